The predicted molar refractivity (Wildman–Crippen MR) is 77.9 cm³/mol. The number of nitrogens with zero attached hydrogens (tertiary/aromatic N) is 2. The van der Waals surface area contributed by atoms with Crippen LogP contribution in [0.1, 0.15) is 11.3 Å². The molecule has 5 nitrogen and oxygen atoms in total. The van der Waals surface area contributed by atoms with Gasteiger partial charge in [0.2, 0.25) is 0 Å². The lowest BCUT2D eigenvalue weighted by Gasteiger charge is -2.05. The van der Waals surface area contributed by atoms with Gasteiger partial charge in [-0.2, -0.15) is 5.10 Å². The van der Waals surface area contributed by atoms with E-state index < -0.39 is 0 Å². The highest BCUT2D eigenvalue weighted by molar-refractivity contribution is 9.10. The average molecular weight is 323 g/mol. The fraction of sp³-hybridized carbons (Fsp3) is 0.231. The molecule has 100 valence electrons. The second kappa shape index (κ2) is 5.88. The van der Waals surface area contributed by atoms with Gasteiger partial charge in [-0.25, -0.2) is 4.79 Å². The molecule has 1 heterocycles. The van der Waals surface area contributed by atoms with Gasteiger partial charge in [-0.3, -0.25) is 10.00 Å². The van der Waals surface area contributed by atoms with Crippen molar-refractivity contribution in [1.82, 2.24) is 15.1 Å². The number of nitrogens with one attached hydrogen (secondary N) is 2. The first kappa shape index (κ1) is 13.6. The van der Waals surface area contributed by atoms with E-state index in [0.717, 1.165) is 15.7 Å². The van der Waals surface area contributed by atoms with Gasteiger partial charge in [-0.1, -0.05) is 28.1 Å². The highest BCUT2D eigenvalue weighted by atomic mass is 79.9. The van der Waals surface area contributed by atoms with E-state index in [0.29, 0.717) is 12.4 Å². The molecule has 0 radical (unpaired) electrons. The van der Waals surface area contributed by atoms with Crippen LogP contribution in [0.4, 0.5) is 10.6 Å². The van der Waals surface area contributed by atoms with Crippen molar-refractivity contribution in [3.05, 3.63) is 46.1 Å². The maximum Gasteiger partial charge on any atom is 0.320 e. The monoisotopic (exact) mass is 322 g/mol. The van der Waals surface area contributed by atoms with Crippen molar-refractivity contribution < 1.29 is 4.79 Å². The van der Waals surface area contributed by atoms with Crippen molar-refractivity contribution in [2.24, 2.45) is 7.05 Å². The van der Waals surface area contributed by atoms with E-state index in [4.69, 9.17) is 0 Å². The maximum atomic E-state index is 11.7. The molecule has 0 spiro atoms. The lowest BCUT2D eigenvalue weighted by molar-refractivity contribution is 0.251. The summed E-state index contributed by atoms with van der Waals surface area (Å²) in [5.74, 6) is 0.549. The summed E-state index contributed by atoms with van der Waals surface area (Å²) >= 11 is 3.37. The molecule has 0 unspecified atom stereocenters. The summed E-state index contributed by atoms with van der Waals surface area (Å²) in [6, 6.07) is 9.35. The molecule has 0 saturated carbocycles. The molecule has 2 N–H and O–H groups in total. The van der Waals surface area contributed by atoms with E-state index in [1.165, 1.54) is 0 Å². The third-order valence-electron chi connectivity index (χ3n) is 2.72. The van der Waals surface area contributed by atoms with Crippen LogP contribution in [-0.4, -0.2) is 15.8 Å². The van der Waals surface area contributed by atoms with Crippen LogP contribution in [0.25, 0.3) is 0 Å². The molecule has 1 aromatic heterocycles. The first-order valence-corrected chi connectivity index (χ1v) is 6.64. The number of rotatable bonds is 3. The molecule has 0 atom stereocenters. The minimum Gasteiger partial charge on any atom is -0.334 e. The van der Waals surface area contributed by atoms with Crippen LogP contribution in [0, 0.1) is 6.92 Å². The number of carbonyl (C=O) groups is 1. The van der Waals surface area contributed by atoms with E-state index in [-0.39, 0.29) is 6.03 Å². The van der Waals surface area contributed by atoms with Gasteiger partial charge in [-0.05, 0) is 24.6 Å². The fourth-order valence-electron chi connectivity index (χ4n) is 1.57. The Kier molecular flexibility index (Phi) is 4.21. The van der Waals surface area contributed by atoms with E-state index in [1.807, 2.05) is 44.3 Å². The molecule has 19 heavy (non-hydrogen) atoms. The fourth-order valence-corrected chi connectivity index (χ4v) is 1.83. The van der Waals surface area contributed by atoms with Gasteiger partial charge >= 0.3 is 6.03 Å². The van der Waals surface area contributed by atoms with Gasteiger partial charge < -0.3 is 5.32 Å². The summed E-state index contributed by atoms with van der Waals surface area (Å²) in [6.45, 7) is 2.41. The lowest BCUT2D eigenvalue weighted by atomic mass is 10.2. The number of carbonyl (C=O) groups excluding carboxylic acids is 1. The number of benzene rings is 1. The van der Waals surface area contributed by atoms with Crippen LogP contribution in [0.5, 0.6) is 0 Å². The van der Waals surface area contributed by atoms with Crippen LogP contribution in [0.3, 0.4) is 0 Å². The Hall–Kier alpha value is -1.82. The third-order valence-corrected chi connectivity index (χ3v) is 3.25. The zero-order valence-corrected chi connectivity index (χ0v) is 12.4. The summed E-state index contributed by atoms with van der Waals surface area (Å²) in [5, 5.41) is 9.63. The molecule has 0 aliphatic carbocycles. The van der Waals surface area contributed by atoms with Crippen molar-refractivity contribution in [1.29, 1.82) is 0 Å². The Balaban J connectivity index is 1.86. The van der Waals surface area contributed by atoms with Gasteiger partial charge in [0.25, 0.3) is 0 Å². The normalized spacial score (nSPS) is 10.3. The topological polar surface area (TPSA) is 59.0 Å². The highest BCUT2D eigenvalue weighted by Gasteiger charge is 2.05. The van der Waals surface area contributed by atoms with E-state index in [9.17, 15) is 4.79 Å². The SMILES string of the molecule is Cc1cc(NC(=O)NCc2ccc(Br)cc2)nn1C. The van der Waals surface area contributed by atoms with Crippen LogP contribution in [0.15, 0.2) is 34.8 Å². The van der Waals surface area contributed by atoms with E-state index >= 15 is 0 Å². The first-order chi connectivity index (χ1) is 9.04. The number of halogens is 1. The van der Waals surface area contributed by atoms with Gasteiger partial charge in [-0.15, -0.1) is 0 Å². The number of amides is 2. The molecule has 0 bridgehead atoms. The number of hydrogen-bond acceptors (Lipinski definition) is 2. The summed E-state index contributed by atoms with van der Waals surface area (Å²) in [6.07, 6.45) is 0. The second-order valence-corrected chi connectivity index (χ2v) is 5.14. The van der Waals surface area contributed by atoms with Gasteiger partial charge in [0.05, 0.1) is 0 Å². The van der Waals surface area contributed by atoms with Crippen LogP contribution >= 0.6 is 15.9 Å². The smallest absolute Gasteiger partial charge is 0.320 e. The lowest BCUT2D eigenvalue weighted by Crippen LogP contribution is -2.28. The molecule has 2 amide bonds. The summed E-state index contributed by atoms with van der Waals surface area (Å²) in [4.78, 5) is 11.7. The minimum absolute atomic E-state index is 0.263. The van der Waals surface area contributed by atoms with Crippen molar-refractivity contribution >= 4 is 27.8 Å². The Morgan fingerprint density at radius 3 is 2.63 bits per heavy atom. The van der Waals surface area contributed by atoms with Crippen molar-refractivity contribution in [3.63, 3.8) is 0 Å². The Labute approximate surface area is 120 Å². The summed E-state index contributed by atoms with van der Waals surface area (Å²) < 4.78 is 2.73. The van der Waals surface area contributed by atoms with Crippen molar-refractivity contribution in [3.8, 4) is 0 Å². The largest absolute Gasteiger partial charge is 0.334 e. The van der Waals surface area contributed by atoms with Crippen LogP contribution < -0.4 is 10.6 Å². The maximum absolute atomic E-state index is 11.7. The number of aryl methyl sites for hydroxylation is 2. The van der Waals surface area contributed by atoms with Gasteiger partial charge in [0.15, 0.2) is 5.82 Å². The number of aromatic nitrogens is 2. The molecule has 2 rings (SSSR count). The Morgan fingerprint density at radius 1 is 1.37 bits per heavy atom. The molecule has 6 heteroatoms. The van der Waals surface area contributed by atoms with E-state index in [2.05, 4.69) is 31.7 Å². The average Bonchev–Trinajstić information content (AvgIpc) is 2.67. The molecule has 1 aromatic carbocycles. The van der Waals surface area contributed by atoms with Crippen molar-refractivity contribution in [2.45, 2.75) is 13.5 Å². The predicted octanol–water partition coefficient (Wildman–Crippen LogP) is 2.81. The van der Waals surface area contributed by atoms with Gasteiger partial charge in [0, 0.05) is 29.8 Å². The van der Waals surface area contributed by atoms with Crippen LogP contribution in [0.2, 0.25) is 0 Å². The molecular weight excluding hydrogens is 308 g/mol. The van der Waals surface area contributed by atoms with E-state index in [1.54, 1.807) is 4.68 Å². The van der Waals surface area contributed by atoms with Crippen molar-refractivity contribution in [2.75, 3.05) is 5.32 Å². The highest BCUT2D eigenvalue weighted by Crippen LogP contribution is 2.10. The number of hydrogen-bond donors (Lipinski definition) is 2. The Bertz CT molecular complexity index is 557. The summed E-state index contributed by atoms with van der Waals surface area (Å²) in [5.41, 5.74) is 2.03. The molecule has 0 fully saturated rings. The number of anilines is 1. The van der Waals surface area contributed by atoms with Gasteiger partial charge in [0.1, 0.15) is 0 Å². The molecule has 0 aliphatic heterocycles. The number of urea groups is 1. The molecule has 0 aliphatic rings. The Morgan fingerprint density at radius 2 is 2.05 bits per heavy atom. The zero-order chi connectivity index (χ0) is 13.8. The molecule has 0 saturated heterocycles. The molecular formula is C13H15BrN4O. The summed E-state index contributed by atoms with van der Waals surface area (Å²) in [7, 11) is 1.83. The molecule has 2 aromatic rings. The minimum atomic E-state index is -0.263. The first-order valence-electron chi connectivity index (χ1n) is 5.84. The standard InChI is InChI=1S/C13H15BrN4O/c1-9-7-12(17-18(9)2)16-13(19)15-8-10-3-5-11(14)6-4-10/h3-7H,8H2,1-2H3,(H2,15,16,17,19). The second-order valence-electron chi connectivity index (χ2n) is 4.23. The quantitative estimate of drug-likeness (QED) is 0.912. The third kappa shape index (κ3) is 3.82. The van der Waals surface area contributed by atoms with Crippen LogP contribution in [-0.2, 0) is 13.6 Å². The zero-order valence-electron chi connectivity index (χ0n) is 10.8.